The lowest BCUT2D eigenvalue weighted by molar-refractivity contribution is 0.407. The number of furan rings is 1. The van der Waals surface area contributed by atoms with Crippen molar-refractivity contribution in [2.45, 2.75) is 13.1 Å². The zero-order chi connectivity index (χ0) is 14.8. The molecule has 0 aliphatic carbocycles. The van der Waals surface area contributed by atoms with Crippen molar-refractivity contribution < 1.29 is 8.94 Å². The Morgan fingerprint density at radius 2 is 2.00 bits per heavy atom. The quantitative estimate of drug-likeness (QED) is 0.591. The van der Waals surface area contributed by atoms with E-state index in [-0.39, 0.29) is 0 Å². The second kappa shape index (κ2) is 5.50. The smallest absolute Gasteiger partial charge is 0.202 e. The van der Waals surface area contributed by atoms with Crippen molar-refractivity contribution in [3.63, 3.8) is 0 Å². The van der Waals surface area contributed by atoms with Crippen LogP contribution in [0.3, 0.4) is 0 Å². The summed E-state index contributed by atoms with van der Waals surface area (Å²) in [4.78, 5) is 0. The van der Waals surface area contributed by atoms with Gasteiger partial charge in [0.15, 0.2) is 5.76 Å². The Morgan fingerprint density at radius 1 is 1.05 bits per heavy atom. The highest BCUT2D eigenvalue weighted by molar-refractivity contribution is 5.81. The van der Waals surface area contributed by atoms with Crippen LogP contribution in [0, 0.1) is 0 Å². The molecule has 0 bridgehead atoms. The van der Waals surface area contributed by atoms with E-state index in [9.17, 15) is 0 Å². The second-order valence-corrected chi connectivity index (χ2v) is 4.98. The maximum atomic E-state index is 5.28. The number of nitrogens with one attached hydrogen (secondary N) is 2. The van der Waals surface area contributed by atoms with Crippen molar-refractivity contribution in [3.8, 4) is 11.5 Å². The fourth-order valence-electron chi connectivity index (χ4n) is 2.39. The lowest BCUT2D eigenvalue weighted by atomic mass is 10.2. The van der Waals surface area contributed by atoms with Crippen molar-refractivity contribution in [1.29, 1.82) is 0 Å². The number of H-pyrrole nitrogens is 1. The van der Waals surface area contributed by atoms with Crippen LogP contribution in [0.4, 0.5) is 0 Å². The summed E-state index contributed by atoms with van der Waals surface area (Å²) in [6.07, 6.45) is 1.61. The van der Waals surface area contributed by atoms with E-state index in [1.807, 2.05) is 36.4 Å². The second-order valence-electron chi connectivity index (χ2n) is 4.98. The molecule has 0 amide bonds. The van der Waals surface area contributed by atoms with Gasteiger partial charge in [-0.25, -0.2) is 0 Å². The van der Waals surface area contributed by atoms with Gasteiger partial charge in [0.2, 0.25) is 5.76 Å². The van der Waals surface area contributed by atoms with Crippen LogP contribution >= 0.6 is 0 Å². The minimum atomic E-state index is 0.609. The summed E-state index contributed by atoms with van der Waals surface area (Å²) in [6.45, 7) is 1.29. The first kappa shape index (κ1) is 12.8. The molecule has 0 saturated heterocycles. The Kier molecular flexibility index (Phi) is 3.21. The summed E-state index contributed by atoms with van der Waals surface area (Å²) < 4.78 is 10.5. The number of aromatic amines is 1. The molecule has 110 valence electrons. The topological polar surface area (TPSA) is 79.9 Å². The van der Waals surface area contributed by atoms with Crippen LogP contribution in [0.15, 0.2) is 57.7 Å². The molecule has 0 atom stereocenters. The third kappa shape index (κ3) is 2.40. The van der Waals surface area contributed by atoms with Crippen LogP contribution in [0.25, 0.3) is 22.4 Å². The molecule has 4 aromatic rings. The highest BCUT2D eigenvalue weighted by Gasteiger charge is 2.09. The molecule has 0 fully saturated rings. The van der Waals surface area contributed by atoms with Gasteiger partial charge >= 0.3 is 0 Å². The van der Waals surface area contributed by atoms with Gasteiger partial charge in [0.1, 0.15) is 0 Å². The third-order valence-corrected chi connectivity index (χ3v) is 3.47. The fraction of sp³-hybridized carbons (Fsp3) is 0.125. The van der Waals surface area contributed by atoms with Crippen LogP contribution in [-0.4, -0.2) is 15.4 Å². The average Bonchev–Trinajstić information content (AvgIpc) is 3.28. The van der Waals surface area contributed by atoms with Gasteiger partial charge in [-0.2, -0.15) is 5.10 Å². The van der Waals surface area contributed by atoms with Crippen LogP contribution in [0.2, 0.25) is 0 Å². The van der Waals surface area contributed by atoms with E-state index >= 15 is 0 Å². The first-order valence-electron chi connectivity index (χ1n) is 7.02. The summed E-state index contributed by atoms with van der Waals surface area (Å²) in [6, 6.07) is 13.6. The van der Waals surface area contributed by atoms with E-state index in [0.717, 1.165) is 22.3 Å². The molecule has 22 heavy (non-hydrogen) atoms. The van der Waals surface area contributed by atoms with Crippen LogP contribution < -0.4 is 5.32 Å². The summed E-state index contributed by atoms with van der Waals surface area (Å²) in [5.41, 5.74) is 2.86. The number of fused-ring (bicyclic) bond motifs is 1. The number of hydrogen-bond donors (Lipinski definition) is 2. The molecule has 0 aliphatic heterocycles. The molecule has 0 spiro atoms. The Balaban J connectivity index is 1.41. The van der Waals surface area contributed by atoms with Crippen molar-refractivity contribution >= 4 is 10.9 Å². The van der Waals surface area contributed by atoms with Crippen molar-refractivity contribution in [2.24, 2.45) is 0 Å². The van der Waals surface area contributed by atoms with E-state index < -0.39 is 0 Å². The molecule has 2 N–H and O–H groups in total. The highest BCUT2D eigenvalue weighted by atomic mass is 16.5. The standard InChI is InChI=1S/C16H14N4O2/c1-2-5-13-12(4-1)14(19-18-13)10-17-9-11-8-16(22-20-11)15-6-3-7-21-15/h1-8,17H,9-10H2,(H,18,19). The van der Waals surface area contributed by atoms with Gasteiger partial charge in [-0.3, -0.25) is 5.10 Å². The summed E-state index contributed by atoms with van der Waals surface area (Å²) in [7, 11) is 0. The molecule has 0 unspecified atom stereocenters. The van der Waals surface area contributed by atoms with E-state index in [2.05, 4.69) is 26.7 Å². The van der Waals surface area contributed by atoms with E-state index in [1.165, 1.54) is 0 Å². The zero-order valence-electron chi connectivity index (χ0n) is 11.7. The molecule has 0 aliphatic rings. The summed E-state index contributed by atoms with van der Waals surface area (Å²) >= 11 is 0. The van der Waals surface area contributed by atoms with Gasteiger partial charge in [0, 0.05) is 24.5 Å². The molecule has 0 radical (unpaired) electrons. The number of nitrogens with zero attached hydrogens (tertiary/aromatic N) is 2. The van der Waals surface area contributed by atoms with Crippen LogP contribution in [-0.2, 0) is 13.1 Å². The molecular weight excluding hydrogens is 280 g/mol. The monoisotopic (exact) mass is 294 g/mol. The molecule has 3 aromatic heterocycles. The Bertz CT molecular complexity index is 876. The molecule has 0 saturated carbocycles. The zero-order valence-corrected chi connectivity index (χ0v) is 11.7. The molecule has 3 heterocycles. The number of hydrogen-bond acceptors (Lipinski definition) is 5. The Labute approximate surface area is 126 Å². The van der Waals surface area contributed by atoms with Gasteiger partial charge < -0.3 is 14.3 Å². The lowest BCUT2D eigenvalue weighted by Crippen LogP contribution is -2.13. The SMILES string of the molecule is c1coc(-c2cc(CNCc3[nH]nc4ccccc34)no2)c1. The number of rotatable bonds is 5. The molecule has 6 nitrogen and oxygen atoms in total. The number of para-hydroxylation sites is 1. The van der Waals surface area contributed by atoms with Gasteiger partial charge in [-0.15, -0.1) is 0 Å². The Hall–Kier alpha value is -2.86. The van der Waals surface area contributed by atoms with Crippen molar-refractivity contribution in [2.75, 3.05) is 0 Å². The highest BCUT2D eigenvalue weighted by Crippen LogP contribution is 2.20. The number of aromatic nitrogens is 3. The summed E-state index contributed by atoms with van der Waals surface area (Å²) in [5, 5.41) is 15.8. The lowest BCUT2D eigenvalue weighted by Gasteiger charge is -2.00. The van der Waals surface area contributed by atoms with E-state index in [1.54, 1.807) is 6.26 Å². The first-order chi connectivity index (χ1) is 10.9. The van der Waals surface area contributed by atoms with Gasteiger partial charge in [-0.05, 0) is 18.2 Å². The maximum Gasteiger partial charge on any atom is 0.202 e. The van der Waals surface area contributed by atoms with Gasteiger partial charge in [0.05, 0.1) is 23.2 Å². The van der Waals surface area contributed by atoms with Crippen LogP contribution in [0.1, 0.15) is 11.4 Å². The average molecular weight is 294 g/mol. The minimum Gasteiger partial charge on any atom is -0.461 e. The Morgan fingerprint density at radius 3 is 2.91 bits per heavy atom. The van der Waals surface area contributed by atoms with E-state index in [4.69, 9.17) is 8.94 Å². The molecule has 1 aromatic carbocycles. The van der Waals surface area contributed by atoms with Crippen molar-refractivity contribution in [3.05, 3.63) is 60.1 Å². The summed E-state index contributed by atoms with van der Waals surface area (Å²) in [5.74, 6) is 1.31. The first-order valence-corrected chi connectivity index (χ1v) is 7.02. The molecule has 6 heteroatoms. The fourth-order valence-corrected chi connectivity index (χ4v) is 2.39. The normalized spacial score (nSPS) is 11.3. The van der Waals surface area contributed by atoms with Crippen molar-refractivity contribution in [1.82, 2.24) is 20.7 Å². The number of benzene rings is 1. The van der Waals surface area contributed by atoms with Crippen LogP contribution in [0.5, 0.6) is 0 Å². The maximum absolute atomic E-state index is 5.28. The largest absolute Gasteiger partial charge is 0.461 e. The van der Waals surface area contributed by atoms with Gasteiger partial charge in [0.25, 0.3) is 0 Å². The molecular formula is C16H14N4O2. The predicted molar refractivity (Wildman–Crippen MR) is 80.8 cm³/mol. The predicted octanol–water partition coefficient (Wildman–Crippen LogP) is 3.10. The van der Waals surface area contributed by atoms with Gasteiger partial charge in [-0.1, -0.05) is 23.4 Å². The minimum absolute atomic E-state index is 0.609. The third-order valence-electron chi connectivity index (χ3n) is 3.47. The van der Waals surface area contributed by atoms with E-state index in [0.29, 0.717) is 24.6 Å². The molecule has 4 rings (SSSR count).